The fourth-order valence-corrected chi connectivity index (χ4v) is 3.50. The molecule has 0 unspecified atom stereocenters. The molecule has 0 bridgehead atoms. The normalized spacial score (nSPS) is 11.2. The highest BCUT2D eigenvalue weighted by Gasteiger charge is 2.15. The van der Waals surface area contributed by atoms with Gasteiger partial charge in [0.05, 0.1) is 5.69 Å². The molecule has 0 atom stereocenters. The molecule has 0 fully saturated rings. The first-order chi connectivity index (χ1) is 9.67. The third kappa shape index (κ3) is 2.42. The zero-order chi connectivity index (χ0) is 14.1. The van der Waals surface area contributed by atoms with Crippen LogP contribution in [0.2, 0.25) is 0 Å². The molecule has 0 saturated heterocycles. The van der Waals surface area contributed by atoms with Gasteiger partial charge < -0.3 is 16.8 Å². The number of nitrogens with zero attached hydrogens (tertiary/aromatic N) is 4. The van der Waals surface area contributed by atoms with Crippen LogP contribution in [-0.2, 0) is 6.54 Å². The highest BCUT2D eigenvalue weighted by molar-refractivity contribution is 7.99. The van der Waals surface area contributed by atoms with Crippen LogP contribution in [0.25, 0.3) is 4.96 Å². The van der Waals surface area contributed by atoms with Crippen LogP contribution in [0.3, 0.4) is 0 Å². The largest absolute Gasteiger partial charge is 0.383 e. The molecular formula is C11H13N7S2. The van der Waals surface area contributed by atoms with Crippen molar-refractivity contribution in [3.05, 3.63) is 23.3 Å². The number of hydrogen-bond acceptors (Lipinski definition) is 8. The molecule has 0 amide bonds. The Hall–Kier alpha value is -1.84. The van der Waals surface area contributed by atoms with Crippen LogP contribution in [0.5, 0.6) is 0 Å². The number of nitrogen functional groups attached to an aromatic ring is 2. The summed E-state index contributed by atoms with van der Waals surface area (Å²) in [6.45, 7) is 0.706. The van der Waals surface area contributed by atoms with E-state index < -0.39 is 0 Å². The van der Waals surface area contributed by atoms with Crippen LogP contribution in [0.1, 0.15) is 5.69 Å². The van der Waals surface area contributed by atoms with Gasteiger partial charge in [0, 0.05) is 24.2 Å². The Morgan fingerprint density at radius 3 is 2.75 bits per heavy atom. The van der Waals surface area contributed by atoms with Crippen molar-refractivity contribution in [1.82, 2.24) is 24.7 Å². The molecule has 0 aliphatic carbocycles. The minimum atomic E-state index is 0.358. The van der Waals surface area contributed by atoms with Crippen molar-refractivity contribution in [1.29, 1.82) is 0 Å². The molecule has 0 saturated carbocycles. The van der Waals surface area contributed by atoms with Crippen molar-refractivity contribution in [2.24, 2.45) is 0 Å². The number of nitrogens with two attached hydrogens (primary N) is 2. The van der Waals surface area contributed by atoms with Gasteiger partial charge in [-0.15, -0.1) is 11.3 Å². The minimum absolute atomic E-state index is 0.358. The molecule has 0 aliphatic heterocycles. The smallest absolute Gasteiger partial charge is 0.197 e. The summed E-state index contributed by atoms with van der Waals surface area (Å²) in [5.41, 5.74) is 12.4. The summed E-state index contributed by atoms with van der Waals surface area (Å²) in [6.07, 6.45) is 2.00. The van der Waals surface area contributed by atoms with Crippen molar-refractivity contribution in [3.8, 4) is 0 Å². The lowest BCUT2D eigenvalue weighted by Gasteiger charge is -2.03. The van der Waals surface area contributed by atoms with Gasteiger partial charge in [-0.05, 0) is 18.8 Å². The van der Waals surface area contributed by atoms with E-state index in [1.165, 1.54) is 17.8 Å². The molecule has 3 rings (SSSR count). The van der Waals surface area contributed by atoms with Crippen molar-refractivity contribution < 1.29 is 0 Å². The van der Waals surface area contributed by atoms with E-state index in [0.717, 1.165) is 15.7 Å². The van der Waals surface area contributed by atoms with Crippen LogP contribution in [0.4, 0.5) is 11.6 Å². The second-order valence-electron chi connectivity index (χ2n) is 4.05. The molecule has 3 aromatic rings. The number of nitrogens with one attached hydrogen (secondary N) is 1. The van der Waals surface area contributed by atoms with Gasteiger partial charge in [-0.2, -0.15) is 0 Å². The Kier molecular flexibility index (Phi) is 3.47. The third-order valence-corrected chi connectivity index (χ3v) is 4.24. The molecular weight excluding hydrogens is 294 g/mol. The first kappa shape index (κ1) is 13.2. The van der Waals surface area contributed by atoms with Crippen molar-refractivity contribution in [3.63, 3.8) is 0 Å². The van der Waals surface area contributed by atoms with Crippen molar-refractivity contribution in [2.45, 2.75) is 16.7 Å². The van der Waals surface area contributed by atoms with E-state index in [-0.39, 0.29) is 0 Å². The number of aromatic nitrogens is 4. The fourth-order valence-electron chi connectivity index (χ4n) is 1.82. The zero-order valence-corrected chi connectivity index (χ0v) is 12.3. The summed E-state index contributed by atoms with van der Waals surface area (Å²) in [4.78, 5) is 13.9. The molecule has 5 N–H and O–H groups in total. The van der Waals surface area contributed by atoms with E-state index in [1.54, 1.807) is 11.3 Å². The Bertz CT molecular complexity index is 728. The predicted molar refractivity (Wildman–Crippen MR) is 80.8 cm³/mol. The van der Waals surface area contributed by atoms with Crippen molar-refractivity contribution in [2.75, 3.05) is 18.5 Å². The maximum absolute atomic E-state index is 5.68. The number of thiazole rings is 1. The number of rotatable bonds is 4. The number of fused-ring (bicyclic) bond motifs is 1. The predicted octanol–water partition coefficient (Wildman–Crippen LogP) is 1.22. The lowest BCUT2D eigenvalue weighted by atomic mass is 10.5. The molecule has 7 nitrogen and oxygen atoms in total. The van der Waals surface area contributed by atoms with Crippen LogP contribution in [0, 0.1) is 0 Å². The number of anilines is 2. The second kappa shape index (κ2) is 5.27. The first-order valence-electron chi connectivity index (χ1n) is 5.84. The lowest BCUT2D eigenvalue weighted by molar-refractivity contribution is 0.764. The van der Waals surface area contributed by atoms with E-state index in [0.29, 0.717) is 23.3 Å². The van der Waals surface area contributed by atoms with Gasteiger partial charge >= 0.3 is 0 Å². The fraction of sp³-hybridized carbons (Fsp3) is 0.182. The average Bonchev–Trinajstić information content (AvgIpc) is 2.92. The average molecular weight is 307 g/mol. The molecule has 0 spiro atoms. The SMILES string of the molecule is CNCc1c(Sc2nc(N)cc(N)n2)nc2sccn12. The molecule has 9 heteroatoms. The van der Waals surface area contributed by atoms with E-state index in [2.05, 4.69) is 24.7 Å². The monoisotopic (exact) mass is 307 g/mol. The topological polar surface area (TPSA) is 107 Å². The summed E-state index contributed by atoms with van der Waals surface area (Å²) in [5, 5.41) is 6.51. The zero-order valence-electron chi connectivity index (χ0n) is 10.7. The quantitative estimate of drug-likeness (QED) is 0.622. The molecule has 0 aromatic carbocycles. The van der Waals surface area contributed by atoms with Crippen LogP contribution < -0.4 is 16.8 Å². The van der Waals surface area contributed by atoms with E-state index in [9.17, 15) is 0 Å². The Morgan fingerprint density at radius 2 is 2.05 bits per heavy atom. The third-order valence-electron chi connectivity index (χ3n) is 2.60. The molecule has 3 aromatic heterocycles. The molecule has 3 heterocycles. The Morgan fingerprint density at radius 1 is 1.30 bits per heavy atom. The van der Waals surface area contributed by atoms with Gasteiger partial charge in [0.25, 0.3) is 0 Å². The van der Waals surface area contributed by atoms with Gasteiger partial charge in [0.15, 0.2) is 10.1 Å². The Labute approximate surface area is 123 Å². The standard InChI is InChI=1S/C11H13N7S2/c1-14-5-6-9(17-11-18(6)2-3-19-11)20-10-15-7(12)4-8(13)16-10/h2-4,14H,5H2,1H3,(H4,12,13,15,16). The van der Waals surface area contributed by atoms with Gasteiger partial charge in [-0.3, -0.25) is 4.40 Å². The number of imidazole rings is 1. The van der Waals surface area contributed by atoms with Gasteiger partial charge in [-0.25, -0.2) is 15.0 Å². The van der Waals surface area contributed by atoms with Gasteiger partial charge in [-0.1, -0.05) is 0 Å². The van der Waals surface area contributed by atoms with Gasteiger partial charge in [0.2, 0.25) is 0 Å². The lowest BCUT2D eigenvalue weighted by Crippen LogP contribution is -2.08. The highest BCUT2D eigenvalue weighted by atomic mass is 32.2. The van der Waals surface area contributed by atoms with Crippen LogP contribution in [-0.4, -0.2) is 26.4 Å². The highest BCUT2D eigenvalue weighted by Crippen LogP contribution is 2.30. The van der Waals surface area contributed by atoms with Crippen molar-refractivity contribution >= 4 is 39.7 Å². The summed E-state index contributed by atoms with van der Waals surface area (Å²) >= 11 is 2.95. The maximum atomic E-state index is 5.68. The molecule has 20 heavy (non-hydrogen) atoms. The number of hydrogen-bond donors (Lipinski definition) is 3. The maximum Gasteiger partial charge on any atom is 0.197 e. The van der Waals surface area contributed by atoms with Crippen LogP contribution >= 0.6 is 23.1 Å². The summed E-state index contributed by atoms with van der Waals surface area (Å²) in [7, 11) is 1.90. The summed E-state index contributed by atoms with van der Waals surface area (Å²) < 4.78 is 2.05. The molecule has 0 radical (unpaired) electrons. The van der Waals surface area contributed by atoms with Crippen LogP contribution in [0.15, 0.2) is 27.8 Å². The minimum Gasteiger partial charge on any atom is -0.383 e. The molecule has 104 valence electrons. The first-order valence-corrected chi connectivity index (χ1v) is 7.54. The van der Waals surface area contributed by atoms with E-state index in [4.69, 9.17) is 11.5 Å². The van der Waals surface area contributed by atoms with Gasteiger partial charge in [0.1, 0.15) is 16.7 Å². The molecule has 0 aliphatic rings. The van der Waals surface area contributed by atoms with E-state index >= 15 is 0 Å². The summed E-state index contributed by atoms with van der Waals surface area (Å²) in [6, 6.07) is 1.53. The Balaban J connectivity index is 2.00. The second-order valence-corrected chi connectivity index (χ2v) is 5.88. The van der Waals surface area contributed by atoms with E-state index in [1.807, 2.05) is 18.6 Å². The summed E-state index contributed by atoms with van der Waals surface area (Å²) in [5.74, 6) is 0.715.